The minimum absolute atomic E-state index is 0.0588. The minimum Gasteiger partial charge on any atom is -0.490 e. The SMILES string of the molecule is C[C@H](CC=C[C@H](O)[C@@H]1CC[C@H]1CN1C[C@@]2(CCCc3cc(Cl)ccc32)COc2ccc(C(=O)O)cc21)CS(N)(=O)=O. The van der Waals surface area contributed by atoms with E-state index in [9.17, 15) is 23.4 Å². The van der Waals surface area contributed by atoms with Crippen molar-refractivity contribution in [3.05, 3.63) is 70.3 Å². The van der Waals surface area contributed by atoms with Crippen LogP contribution in [0.3, 0.4) is 0 Å². The first kappa shape index (κ1) is 29.9. The lowest BCUT2D eigenvalue weighted by molar-refractivity contribution is 0.0456. The predicted octanol–water partition coefficient (Wildman–Crippen LogP) is 4.77. The summed E-state index contributed by atoms with van der Waals surface area (Å²) in [5.74, 6) is -0.265. The number of hydrogen-bond donors (Lipinski definition) is 3. The normalized spacial score (nSPS) is 25.5. The number of aliphatic hydroxyl groups is 1. The molecular formula is C31H39ClN2O6S. The molecule has 1 spiro atoms. The van der Waals surface area contributed by atoms with Gasteiger partial charge in [-0.05, 0) is 97.7 Å². The van der Waals surface area contributed by atoms with Crippen LogP contribution in [0.15, 0.2) is 48.6 Å². The monoisotopic (exact) mass is 602 g/mol. The fourth-order valence-electron chi connectivity index (χ4n) is 6.86. The van der Waals surface area contributed by atoms with Crippen LogP contribution in [0.5, 0.6) is 5.75 Å². The van der Waals surface area contributed by atoms with Crippen molar-refractivity contribution in [3.8, 4) is 5.75 Å². The summed E-state index contributed by atoms with van der Waals surface area (Å²) in [5.41, 5.74) is 3.20. The summed E-state index contributed by atoms with van der Waals surface area (Å²) in [7, 11) is -3.53. The number of aliphatic hydroxyl groups excluding tert-OH is 1. The lowest BCUT2D eigenvalue weighted by atomic mass is 9.68. The van der Waals surface area contributed by atoms with E-state index in [0.29, 0.717) is 31.9 Å². The highest BCUT2D eigenvalue weighted by atomic mass is 35.5. The number of carbonyl (C=O) groups is 1. The number of anilines is 1. The number of rotatable bonds is 9. The van der Waals surface area contributed by atoms with E-state index >= 15 is 0 Å². The molecule has 0 aromatic heterocycles. The molecule has 1 fully saturated rings. The number of aromatic carboxylic acids is 1. The Bertz CT molecular complexity index is 1430. The zero-order valence-electron chi connectivity index (χ0n) is 23.3. The molecule has 0 unspecified atom stereocenters. The second-order valence-electron chi connectivity index (χ2n) is 12.2. The third kappa shape index (κ3) is 6.74. The minimum atomic E-state index is -3.53. The van der Waals surface area contributed by atoms with Gasteiger partial charge < -0.3 is 19.8 Å². The summed E-state index contributed by atoms with van der Waals surface area (Å²) in [6.45, 7) is 3.66. The van der Waals surface area contributed by atoms with Crippen LogP contribution in [0.1, 0.15) is 60.5 Å². The summed E-state index contributed by atoms with van der Waals surface area (Å²) >= 11 is 6.35. The van der Waals surface area contributed by atoms with Gasteiger partial charge in [0.2, 0.25) is 10.0 Å². The Labute approximate surface area is 247 Å². The molecule has 222 valence electrons. The number of allylic oxidation sites excluding steroid dienone is 1. The van der Waals surface area contributed by atoms with E-state index in [1.54, 1.807) is 24.3 Å². The summed E-state index contributed by atoms with van der Waals surface area (Å²) in [6, 6.07) is 11.2. The third-order valence-electron chi connectivity index (χ3n) is 9.04. The number of nitrogens with two attached hydrogens (primary N) is 1. The molecule has 3 aliphatic rings. The van der Waals surface area contributed by atoms with Crippen LogP contribution in [0.25, 0.3) is 0 Å². The van der Waals surface area contributed by atoms with Gasteiger partial charge in [0.15, 0.2) is 0 Å². The van der Waals surface area contributed by atoms with E-state index in [1.165, 1.54) is 11.1 Å². The highest BCUT2D eigenvalue weighted by molar-refractivity contribution is 7.89. The van der Waals surface area contributed by atoms with Gasteiger partial charge in [-0.25, -0.2) is 18.4 Å². The van der Waals surface area contributed by atoms with Crippen molar-refractivity contribution >= 4 is 33.3 Å². The van der Waals surface area contributed by atoms with E-state index < -0.39 is 22.1 Å². The fraction of sp³-hybridized carbons (Fsp3) is 0.516. The maximum atomic E-state index is 11.9. The predicted molar refractivity (Wildman–Crippen MR) is 160 cm³/mol. The molecule has 2 aromatic carbocycles. The van der Waals surface area contributed by atoms with Crippen LogP contribution in [0, 0.1) is 17.8 Å². The number of primary sulfonamides is 1. The van der Waals surface area contributed by atoms with E-state index in [4.69, 9.17) is 21.5 Å². The van der Waals surface area contributed by atoms with E-state index in [2.05, 4.69) is 17.0 Å². The number of hydrogen-bond acceptors (Lipinski definition) is 6. The van der Waals surface area contributed by atoms with Gasteiger partial charge in [-0.1, -0.05) is 36.7 Å². The van der Waals surface area contributed by atoms with Gasteiger partial charge in [-0.2, -0.15) is 0 Å². The Kier molecular flexibility index (Phi) is 8.71. The molecule has 0 amide bonds. The number of fused-ring (bicyclic) bond motifs is 3. The van der Waals surface area contributed by atoms with Gasteiger partial charge in [0.05, 0.1) is 29.7 Å². The topological polar surface area (TPSA) is 130 Å². The lowest BCUT2D eigenvalue weighted by Crippen LogP contribution is -2.49. The maximum Gasteiger partial charge on any atom is 0.335 e. The van der Waals surface area contributed by atoms with Gasteiger partial charge in [0, 0.05) is 23.5 Å². The zero-order valence-corrected chi connectivity index (χ0v) is 24.9. The van der Waals surface area contributed by atoms with Gasteiger partial charge in [0.1, 0.15) is 5.75 Å². The first-order valence-corrected chi connectivity index (χ1v) is 16.4. The van der Waals surface area contributed by atoms with Gasteiger partial charge in [-0.3, -0.25) is 0 Å². The van der Waals surface area contributed by atoms with Crippen LogP contribution in [0.4, 0.5) is 5.69 Å². The fourth-order valence-corrected chi connectivity index (χ4v) is 7.98. The third-order valence-corrected chi connectivity index (χ3v) is 10.3. The van der Waals surface area contributed by atoms with Crippen molar-refractivity contribution in [3.63, 3.8) is 0 Å². The number of aryl methyl sites for hydroxylation is 1. The smallest absolute Gasteiger partial charge is 0.335 e. The van der Waals surface area contributed by atoms with Crippen molar-refractivity contribution in [2.24, 2.45) is 22.9 Å². The quantitative estimate of drug-likeness (QED) is 0.353. The Morgan fingerprint density at radius 3 is 2.78 bits per heavy atom. The molecule has 2 aromatic rings. The number of nitrogens with zero attached hydrogens (tertiary/aromatic N) is 1. The van der Waals surface area contributed by atoms with Crippen molar-refractivity contribution in [1.29, 1.82) is 0 Å². The highest BCUT2D eigenvalue weighted by Crippen LogP contribution is 2.46. The number of halogens is 1. The van der Waals surface area contributed by atoms with E-state index in [0.717, 1.165) is 42.8 Å². The molecular weight excluding hydrogens is 564 g/mol. The van der Waals surface area contributed by atoms with Crippen LogP contribution in [-0.4, -0.2) is 56.2 Å². The Morgan fingerprint density at radius 2 is 2.07 bits per heavy atom. The van der Waals surface area contributed by atoms with Crippen molar-refractivity contribution in [2.45, 2.75) is 57.0 Å². The van der Waals surface area contributed by atoms with Crippen LogP contribution < -0.4 is 14.8 Å². The molecule has 4 N–H and O–H groups in total. The summed E-state index contributed by atoms with van der Waals surface area (Å²) in [5, 5.41) is 26.6. The largest absolute Gasteiger partial charge is 0.490 e. The second kappa shape index (κ2) is 12.0. The molecule has 0 bridgehead atoms. The molecule has 5 atom stereocenters. The van der Waals surface area contributed by atoms with Crippen molar-refractivity contribution < 1.29 is 28.2 Å². The van der Waals surface area contributed by atoms with Crippen molar-refractivity contribution in [2.75, 3.05) is 30.3 Å². The molecule has 0 saturated heterocycles. The molecule has 5 rings (SSSR count). The Balaban J connectivity index is 1.38. The number of ether oxygens (including phenoxy) is 1. The Morgan fingerprint density at radius 1 is 1.27 bits per heavy atom. The first-order valence-electron chi connectivity index (χ1n) is 14.3. The van der Waals surface area contributed by atoms with Gasteiger partial charge >= 0.3 is 5.97 Å². The molecule has 41 heavy (non-hydrogen) atoms. The molecule has 10 heteroatoms. The molecule has 8 nitrogen and oxygen atoms in total. The van der Waals surface area contributed by atoms with Crippen LogP contribution >= 0.6 is 11.6 Å². The van der Waals surface area contributed by atoms with E-state index in [1.807, 2.05) is 19.1 Å². The average Bonchev–Trinajstić information content (AvgIpc) is 3.02. The van der Waals surface area contributed by atoms with Crippen LogP contribution in [-0.2, 0) is 21.9 Å². The summed E-state index contributed by atoms with van der Waals surface area (Å²) < 4.78 is 29.1. The maximum absolute atomic E-state index is 11.9. The summed E-state index contributed by atoms with van der Waals surface area (Å²) in [6.07, 6.45) is 8.29. The summed E-state index contributed by atoms with van der Waals surface area (Å²) in [4.78, 5) is 14.2. The van der Waals surface area contributed by atoms with Crippen molar-refractivity contribution in [1.82, 2.24) is 0 Å². The molecule has 0 radical (unpaired) electrons. The van der Waals surface area contributed by atoms with Gasteiger partial charge in [0.25, 0.3) is 0 Å². The molecule has 1 aliphatic heterocycles. The zero-order chi connectivity index (χ0) is 29.4. The first-order chi connectivity index (χ1) is 19.4. The average molecular weight is 603 g/mol. The van der Waals surface area contributed by atoms with Gasteiger partial charge in [-0.15, -0.1) is 0 Å². The van der Waals surface area contributed by atoms with E-state index in [-0.39, 0.29) is 34.5 Å². The number of carboxylic acids is 1. The Hall–Kier alpha value is -2.59. The molecule has 2 aliphatic carbocycles. The van der Waals surface area contributed by atoms with Crippen LogP contribution in [0.2, 0.25) is 5.02 Å². The molecule has 1 saturated carbocycles. The number of sulfonamides is 1. The standard InChI is InChI=1S/C31H39ClN2O6S/c1-20(17-41(33,38)39)4-2-6-28(35)25-10-7-23(25)16-34-18-31(13-3-5-21-14-24(32)9-11-26(21)31)19-40-29-12-8-22(30(36)37)15-27(29)34/h2,6,8-9,11-12,14-15,20,23,25,28,35H,3-5,7,10,13,16-19H2,1H3,(H,36,37)(H2,33,38,39)/t20-,23+,25-,28+,31+/m1/s1. The second-order valence-corrected chi connectivity index (χ2v) is 14.3. The number of carboxylic acid groups (broad SMARTS) is 1. The lowest BCUT2D eigenvalue weighted by Gasteiger charge is -2.45. The number of benzene rings is 2. The molecule has 1 heterocycles. The highest BCUT2D eigenvalue weighted by Gasteiger charge is 2.44.